The fourth-order valence-corrected chi connectivity index (χ4v) is 3.32. The van der Waals surface area contributed by atoms with Gasteiger partial charge < -0.3 is 5.11 Å². The first-order valence-corrected chi connectivity index (χ1v) is 7.71. The van der Waals surface area contributed by atoms with Gasteiger partial charge >= 0.3 is 0 Å². The highest BCUT2D eigenvalue weighted by Crippen LogP contribution is 2.16. The zero-order valence-electron chi connectivity index (χ0n) is 10.8. The number of aliphatic hydroxyl groups excluding tert-OH is 1. The zero-order chi connectivity index (χ0) is 13.6. The Bertz CT molecular complexity index is 441. The monoisotopic (exact) mass is 271 g/mol. The van der Waals surface area contributed by atoms with Crippen molar-refractivity contribution in [2.45, 2.75) is 37.6 Å². The molecule has 18 heavy (non-hydrogen) atoms. The Labute approximate surface area is 109 Å². The average molecular weight is 271 g/mol. The fourth-order valence-electron chi connectivity index (χ4n) is 2.01. The fraction of sp³-hybridized carbons (Fsp3) is 0.538. The molecule has 0 aliphatic heterocycles. The third kappa shape index (κ3) is 3.80. The third-order valence-corrected chi connectivity index (χ3v) is 4.68. The summed E-state index contributed by atoms with van der Waals surface area (Å²) in [5.74, 6) is 0.147. The summed E-state index contributed by atoms with van der Waals surface area (Å²) in [4.78, 5) is 0.231. The van der Waals surface area contributed by atoms with Gasteiger partial charge in [0.1, 0.15) is 0 Å². The molecule has 0 heterocycles. The van der Waals surface area contributed by atoms with E-state index in [0.29, 0.717) is 0 Å². The maximum Gasteiger partial charge on any atom is 0.240 e. The summed E-state index contributed by atoms with van der Waals surface area (Å²) in [6.45, 7) is 3.81. The lowest BCUT2D eigenvalue weighted by Crippen LogP contribution is -2.42. The quantitative estimate of drug-likeness (QED) is 0.794. The predicted octanol–water partition coefficient (Wildman–Crippen LogP) is 1.76. The molecule has 0 fully saturated rings. The highest BCUT2D eigenvalue weighted by Gasteiger charge is 2.24. The minimum atomic E-state index is -3.55. The van der Waals surface area contributed by atoms with Gasteiger partial charge in [-0.15, -0.1) is 0 Å². The SMILES string of the molecule is CCC(CC)[C@@H](CO)NS(=O)(=O)c1ccccc1. The molecular weight excluding hydrogens is 250 g/mol. The van der Waals surface area contributed by atoms with Gasteiger partial charge in [0.2, 0.25) is 10.0 Å². The van der Waals surface area contributed by atoms with Crippen molar-refractivity contribution < 1.29 is 13.5 Å². The lowest BCUT2D eigenvalue weighted by atomic mass is 9.96. The van der Waals surface area contributed by atoms with Crippen LogP contribution in [-0.4, -0.2) is 26.2 Å². The van der Waals surface area contributed by atoms with Crippen LogP contribution in [0.15, 0.2) is 35.2 Å². The Morgan fingerprint density at radius 2 is 1.72 bits per heavy atom. The van der Waals surface area contributed by atoms with E-state index in [1.54, 1.807) is 30.3 Å². The smallest absolute Gasteiger partial charge is 0.240 e. The molecule has 0 saturated carbocycles. The standard InChI is InChI=1S/C13H21NO3S/c1-3-11(4-2)13(10-15)14-18(16,17)12-8-6-5-7-9-12/h5-9,11,13-15H,3-4,10H2,1-2H3/t13-/m1/s1. The van der Waals surface area contributed by atoms with E-state index in [2.05, 4.69) is 4.72 Å². The van der Waals surface area contributed by atoms with Crippen LogP contribution in [0, 0.1) is 5.92 Å². The Kier molecular flexibility index (Phi) is 5.78. The van der Waals surface area contributed by atoms with Crippen LogP contribution in [-0.2, 0) is 10.0 Å². The van der Waals surface area contributed by atoms with Gasteiger partial charge in [0.05, 0.1) is 11.5 Å². The molecule has 1 atom stereocenters. The van der Waals surface area contributed by atoms with E-state index in [-0.39, 0.29) is 17.4 Å². The van der Waals surface area contributed by atoms with Crippen LogP contribution in [0.5, 0.6) is 0 Å². The van der Waals surface area contributed by atoms with E-state index in [1.165, 1.54) is 0 Å². The van der Waals surface area contributed by atoms with Gasteiger partial charge in [-0.25, -0.2) is 13.1 Å². The third-order valence-electron chi connectivity index (χ3n) is 3.17. The zero-order valence-corrected chi connectivity index (χ0v) is 11.7. The first kappa shape index (κ1) is 15.1. The van der Waals surface area contributed by atoms with Crippen molar-refractivity contribution in [1.29, 1.82) is 0 Å². The molecule has 1 aromatic carbocycles. The van der Waals surface area contributed by atoms with Gasteiger partial charge in [-0.2, -0.15) is 0 Å². The first-order valence-electron chi connectivity index (χ1n) is 6.23. The highest BCUT2D eigenvalue weighted by molar-refractivity contribution is 7.89. The Morgan fingerprint density at radius 1 is 1.17 bits per heavy atom. The van der Waals surface area contributed by atoms with Crippen molar-refractivity contribution in [2.24, 2.45) is 5.92 Å². The van der Waals surface area contributed by atoms with E-state index < -0.39 is 16.1 Å². The minimum absolute atomic E-state index is 0.147. The number of rotatable bonds is 7. The van der Waals surface area contributed by atoms with Gasteiger partial charge in [0, 0.05) is 6.04 Å². The van der Waals surface area contributed by atoms with Gasteiger partial charge in [-0.05, 0) is 18.1 Å². The van der Waals surface area contributed by atoms with E-state index in [9.17, 15) is 13.5 Å². The number of nitrogens with one attached hydrogen (secondary N) is 1. The van der Waals surface area contributed by atoms with Crippen LogP contribution in [0.2, 0.25) is 0 Å². The molecule has 1 aromatic rings. The Morgan fingerprint density at radius 3 is 2.17 bits per heavy atom. The number of sulfonamides is 1. The summed E-state index contributed by atoms with van der Waals surface area (Å²) in [5, 5.41) is 9.34. The highest BCUT2D eigenvalue weighted by atomic mass is 32.2. The maximum absolute atomic E-state index is 12.1. The van der Waals surface area contributed by atoms with Crippen LogP contribution in [0.25, 0.3) is 0 Å². The van der Waals surface area contributed by atoms with Crippen molar-refractivity contribution in [2.75, 3.05) is 6.61 Å². The molecule has 0 amide bonds. The van der Waals surface area contributed by atoms with Crippen LogP contribution in [0.3, 0.4) is 0 Å². The second-order valence-electron chi connectivity index (χ2n) is 4.30. The summed E-state index contributed by atoms with van der Waals surface area (Å²) in [7, 11) is -3.55. The topological polar surface area (TPSA) is 66.4 Å². The van der Waals surface area contributed by atoms with E-state index in [1.807, 2.05) is 13.8 Å². The lowest BCUT2D eigenvalue weighted by molar-refractivity contribution is 0.209. The molecule has 0 aliphatic carbocycles. The summed E-state index contributed by atoms with van der Waals surface area (Å²) >= 11 is 0. The summed E-state index contributed by atoms with van der Waals surface area (Å²) in [5.41, 5.74) is 0. The number of hydrogen-bond acceptors (Lipinski definition) is 3. The average Bonchev–Trinajstić information content (AvgIpc) is 2.39. The molecule has 2 N–H and O–H groups in total. The van der Waals surface area contributed by atoms with Gasteiger partial charge in [-0.1, -0.05) is 44.9 Å². The Balaban J connectivity index is 2.88. The molecule has 0 bridgehead atoms. The normalized spacial score (nSPS) is 13.8. The maximum atomic E-state index is 12.1. The molecule has 0 unspecified atom stereocenters. The van der Waals surface area contributed by atoms with Crippen molar-refractivity contribution in [3.8, 4) is 0 Å². The summed E-state index contributed by atoms with van der Waals surface area (Å²) < 4.78 is 26.8. The molecule has 102 valence electrons. The summed E-state index contributed by atoms with van der Waals surface area (Å²) in [6, 6.07) is 7.79. The molecule has 0 aliphatic rings. The van der Waals surface area contributed by atoms with Gasteiger partial charge in [0.15, 0.2) is 0 Å². The second-order valence-corrected chi connectivity index (χ2v) is 6.01. The van der Waals surface area contributed by atoms with Crippen LogP contribution in [0.1, 0.15) is 26.7 Å². The molecular formula is C13H21NO3S. The first-order chi connectivity index (χ1) is 8.55. The molecule has 4 nitrogen and oxygen atoms in total. The van der Waals surface area contributed by atoms with E-state index >= 15 is 0 Å². The molecule has 0 aromatic heterocycles. The van der Waals surface area contributed by atoms with E-state index in [0.717, 1.165) is 12.8 Å². The lowest BCUT2D eigenvalue weighted by Gasteiger charge is -2.24. The van der Waals surface area contributed by atoms with Crippen molar-refractivity contribution in [1.82, 2.24) is 4.72 Å². The van der Waals surface area contributed by atoms with Crippen molar-refractivity contribution in [3.05, 3.63) is 30.3 Å². The molecule has 5 heteroatoms. The molecule has 1 rings (SSSR count). The van der Waals surface area contributed by atoms with Crippen molar-refractivity contribution in [3.63, 3.8) is 0 Å². The number of aliphatic hydroxyl groups is 1. The largest absolute Gasteiger partial charge is 0.395 e. The van der Waals surface area contributed by atoms with Crippen molar-refractivity contribution >= 4 is 10.0 Å². The second kappa shape index (κ2) is 6.87. The van der Waals surface area contributed by atoms with Crippen LogP contribution < -0.4 is 4.72 Å². The molecule has 0 spiro atoms. The molecule has 0 saturated heterocycles. The summed E-state index contributed by atoms with van der Waals surface area (Å²) in [6.07, 6.45) is 1.66. The molecule has 0 radical (unpaired) electrons. The van der Waals surface area contributed by atoms with E-state index in [4.69, 9.17) is 0 Å². The van der Waals surface area contributed by atoms with Gasteiger partial charge in [-0.3, -0.25) is 0 Å². The van der Waals surface area contributed by atoms with Crippen LogP contribution in [0.4, 0.5) is 0 Å². The number of benzene rings is 1. The minimum Gasteiger partial charge on any atom is -0.395 e. The predicted molar refractivity (Wildman–Crippen MR) is 71.7 cm³/mol. The van der Waals surface area contributed by atoms with Gasteiger partial charge in [0.25, 0.3) is 0 Å². The number of hydrogen-bond donors (Lipinski definition) is 2. The Hall–Kier alpha value is -0.910. The van der Waals surface area contributed by atoms with Crippen LogP contribution >= 0.6 is 0 Å².